The molecule has 0 unspecified atom stereocenters. The van der Waals surface area contributed by atoms with Crippen LogP contribution in [0.5, 0.6) is 0 Å². The molecule has 5 nitrogen and oxygen atoms in total. The largest absolute Gasteiger partial charge is 0.352 e. The summed E-state index contributed by atoms with van der Waals surface area (Å²) in [5, 5.41) is 3.65. The molecule has 2 aromatic rings. The number of hydrogen-bond donors (Lipinski definition) is 1. The number of aromatic nitrogens is 1. The van der Waals surface area contributed by atoms with Gasteiger partial charge in [0.2, 0.25) is 5.91 Å². The summed E-state index contributed by atoms with van der Waals surface area (Å²) in [6.45, 7) is 2.97. The number of benzene rings is 1. The lowest BCUT2D eigenvalue weighted by Crippen LogP contribution is -2.35. The molecule has 0 spiro atoms. The number of thioether (sulfide) groups is 1. The molecule has 0 radical (unpaired) electrons. The van der Waals surface area contributed by atoms with Crippen molar-refractivity contribution in [1.82, 2.24) is 10.3 Å². The van der Waals surface area contributed by atoms with Crippen LogP contribution in [-0.4, -0.2) is 29.1 Å². The van der Waals surface area contributed by atoms with Crippen molar-refractivity contribution in [3.63, 3.8) is 0 Å². The number of hydrogen-bond acceptors (Lipinski definition) is 4. The van der Waals surface area contributed by atoms with E-state index in [2.05, 4.69) is 10.3 Å². The van der Waals surface area contributed by atoms with Gasteiger partial charge >= 0.3 is 0 Å². The Morgan fingerprint density at radius 1 is 1.30 bits per heavy atom. The van der Waals surface area contributed by atoms with Crippen LogP contribution in [0.4, 0.5) is 5.69 Å². The van der Waals surface area contributed by atoms with Gasteiger partial charge in [-0.25, -0.2) is 4.98 Å². The maximum atomic E-state index is 12.2. The van der Waals surface area contributed by atoms with Gasteiger partial charge in [0.15, 0.2) is 0 Å². The Morgan fingerprint density at radius 2 is 2.09 bits per heavy atom. The highest BCUT2D eigenvalue weighted by Crippen LogP contribution is 2.33. The number of nitrogens with one attached hydrogen (secondary N) is 1. The van der Waals surface area contributed by atoms with Crippen molar-refractivity contribution in [2.75, 3.05) is 17.2 Å². The lowest BCUT2D eigenvalue weighted by molar-refractivity contribution is -0.116. The first-order valence-electron chi connectivity index (χ1n) is 7.44. The zero-order valence-electron chi connectivity index (χ0n) is 12.8. The van der Waals surface area contributed by atoms with E-state index in [4.69, 9.17) is 0 Å². The molecule has 0 bridgehead atoms. The highest BCUT2D eigenvalue weighted by Gasteiger charge is 2.25. The number of carbonyl (C=O) groups excluding carboxylic acids is 2. The van der Waals surface area contributed by atoms with Gasteiger partial charge in [0, 0.05) is 18.3 Å². The van der Waals surface area contributed by atoms with E-state index in [9.17, 15) is 9.59 Å². The van der Waals surface area contributed by atoms with Crippen molar-refractivity contribution in [3.05, 3.63) is 53.7 Å². The van der Waals surface area contributed by atoms with Gasteiger partial charge in [0.25, 0.3) is 5.91 Å². The average Bonchev–Trinajstić information content (AvgIpc) is 2.58. The molecular weight excluding hydrogens is 310 g/mol. The molecule has 1 aromatic heterocycles. The second-order valence-corrected chi connectivity index (χ2v) is 6.12. The Kier molecular flexibility index (Phi) is 4.62. The molecule has 3 rings (SSSR count). The van der Waals surface area contributed by atoms with Crippen LogP contribution >= 0.6 is 11.8 Å². The van der Waals surface area contributed by atoms with Crippen molar-refractivity contribution in [2.24, 2.45) is 0 Å². The highest BCUT2D eigenvalue weighted by molar-refractivity contribution is 8.00. The Bertz CT molecular complexity index is 731. The summed E-state index contributed by atoms with van der Waals surface area (Å²) in [6, 6.07) is 11.1. The number of fused-ring (bicyclic) bond motifs is 1. The monoisotopic (exact) mass is 327 g/mol. The molecule has 0 atom stereocenters. The minimum absolute atomic E-state index is 0.0725. The van der Waals surface area contributed by atoms with Crippen LogP contribution in [-0.2, 0) is 11.3 Å². The molecule has 6 heteroatoms. The molecule has 1 aliphatic heterocycles. The predicted octanol–water partition coefficient (Wildman–Crippen LogP) is 2.47. The first-order chi connectivity index (χ1) is 11.2. The Balaban J connectivity index is 1.79. The normalized spacial score (nSPS) is 13.6. The highest BCUT2D eigenvalue weighted by atomic mass is 32.2. The van der Waals surface area contributed by atoms with Gasteiger partial charge in [-0.3, -0.25) is 9.59 Å². The number of amides is 2. The summed E-state index contributed by atoms with van der Waals surface area (Å²) < 4.78 is 0. The molecule has 1 N–H and O–H groups in total. The van der Waals surface area contributed by atoms with E-state index in [1.54, 1.807) is 23.2 Å². The maximum Gasteiger partial charge on any atom is 0.251 e. The standard InChI is InChI=1S/C17H17N3O2S/c1-2-18-16(22)13-7-5-12(6-8-13)10-20-14-4-3-9-19-17(14)23-11-15(20)21/h3-9H,2,10-11H2,1H3,(H,18,22). The smallest absolute Gasteiger partial charge is 0.251 e. The fraction of sp³-hybridized carbons (Fsp3) is 0.235. The minimum atomic E-state index is -0.0842. The van der Waals surface area contributed by atoms with Gasteiger partial charge in [-0.2, -0.15) is 0 Å². The lowest BCUT2D eigenvalue weighted by Gasteiger charge is -2.28. The third kappa shape index (κ3) is 3.37. The number of pyridine rings is 1. The second-order valence-electron chi connectivity index (χ2n) is 5.15. The van der Waals surface area contributed by atoms with Crippen LogP contribution in [0, 0.1) is 0 Å². The molecule has 0 saturated carbocycles. The summed E-state index contributed by atoms with van der Waals surface area (Å²) in [5.41, 5.74) is 2.45. The van der Waals surface area contributed by atoms with Crippen LogP contribution < -0.4 is 10.2 Å². The summed E-state index contributed by atoms with van der Waals surface area (Å²) in [6.07, 6.45) is 1.74. The van der Waals surface area contributed by atoms with Crippen molar-refractivity contribution in [1.29, 1.82) is 0 Å². The summed E-state index contributed by atoms with van der Waals surface area (Å²) in [4.78, 5) is 30.1. The zero-order valence-corrected chi connectivity index (χ0v) is 13.6. The SMILES string of the molecule is CCNC(=O)c1ccc(CN2C(=O)CSc3ncccc32)cc1. The van der Waals surface area contributed by atoms with E-state index >= 15 is 0 Å². The second kappa shape index (κ2) is 6.83. The first-order valence-corrected chi connectivity index (χ1v) is 8.43. The van der Waals surface area contributed by atoms with E-state index < -0.39 is 0 Å². The fourth-order valence-electron chi connectivity index (χ4n) is 2.42. The van der Waals surface area contributed by atoms with Crippen molar-refractivity contribution in [2.45, 2.75) is 18.5 Å². The molecule has 2 amide bonds. The molecule has 0 aliphatic carbocycles. The van der Waals surface area contributed by atoms with E-state index in [0.717, 1.165) is 16.3 Å². The van der Waals surface area contributed by atoms with Crippen molar-refractivity contribution < 1.29 is 9.59 Å². The van der Waals surface area contributed by atoms with Crippen LogP contribution in [0.2, 0.25) is 0 Å². The van der Waals surface area contributed by atoms with Gasteiger partial charge in [0.1, 0.15) is 5.03 Å². The van der Waals surface area contributed by atoms with Gasteiger partial charge in [0.05, 0.1) is 18.0 Å². The van der Waals surface area contributed by atoms with Gasteiger partial charge in [-0.1, -0.05) is 23.9 Å². The summed E-state index contributed by atoms with van der Waals surface area (Å²) >= 11 is 1.47. The predicted molar refractivity (Wildman–Crippen MR) is 90.6 cm³/mol. The lowest BCUT2D eigenvalue weighted by atomic mass is 10.1. The van der Waals surface area contributed by atoms with Gasteiger partial charge in [-0.15, -0.1) is 0 Å². The molecule has 0 saturated heterocycles. The number of carbonyl (C=O) groups is 2. The summed E-state index contributed by atoms with van der Waals surface area (Å²) in [7, 11) is 0. The number of rotatable bonds is 4. The summed E-state index contributed by atoms with van der Waals surface area (Å²) in [5.74, 6) is 0.392. The third-order valence-electron chi connectivity index (χ3n) is 3.57. The number of nitrogens with zero attached hydrogens (tertiary/aromatic N) is 2. The molecule has 0 fully saturated rings. The Labute approximate surface area is 139 Å². The van der Waals surface area contributed by atoms with Gasteiger partial charge < -0.3 is 10.2 Å². The maximum absolute atomic E-state index is 12.2. The van der Waals surface area contributed by atoms with E-state index in [1.165, 1.54) is 11.8 Å². The molecular formula is C17H17N3O2S. The van der Waals surface area contributed by atoms with E-state index in [1.807, 2.05) is 31.2 Å². The zero-order chi connectivity index (χ0) is 16.2. The molecule has 2 heterocycles. The van der Waals surface area contributed by atoms with Gasteiger partial charge in [-0.05, 0) is 36.8 Å². The third-order valence-corrected chi connectivity index (χ3v) is 4.55. The number of anilines is 1. The van der Waals surface area contributed by atoms with Crippen LogP contribution in [0.3, 0.4) is 0 Å². The fourth-order valence-corrected chi connectivity index (χ4v) is 3.30. The molecule has 1 aromatic carbocycles. The average molecular weight is 327 g/mol. The van der Waals surface area contributed by atoms with Crippen LogP contribution in [0.1, 0.15) is 22.8 Å². The van der Waals surface area contributed by atoms with E-state index in [0.29, 0.717) is 24.4 Å². The first kappa shape index (κ1) is 15.6. The topological polar surface area (TPSA) is 62.3 Å². The van der Waals surface area contributed by atoms with Crippen LogP contribution in [0.25, 0.3) is 0 Å². The van der Waals surface area contributed by atoms with E-state index in [-0.39, 0.29) is 11.8 Å². The molecule has 1 aliphatic rings. The van der Waals surface area contributed by atoms with Crippen molar-refractivity contribution in [3.8, 4) is 0 Å². The molecule has 118 valence electrons. The Hall–Kier alpha value is -2.34. The van der Waals surface area contributed by atoms with Crippen LogP contribution in [0.15, 0.2) is 47.6 Å². The Morgan fingerprint density at radius 3 is 2.83 bits per heavy atom. The minimum Gasteiger partial charge on any atom is -0.352 e. The quantitative estimate of drug-likeness (QED) is 0.937. The molecule has 23 heavy (non-hydrogen) atoms. The van der Waals surface area contributed by atoms with Crippen molar-refractivity contribution >= 4 is 29.3 Å².